The lowest BCUT2D eigenvalue weighted by atomic mass is 10.1. The van der Waals surface area contributed by atoms with Crippen LogP contribution < -0.4 is 11.2 Å². The Balaban J connectivity index is 2.41. The number of aromatic hydroxyl groups is 1. The predicted molar refractivity (Wildman–Crippen MR) is 71.7 cm³/mol. The smallest absolute Gasteiger partial charge is 0.335 e. The van der Waals surface area contributed by atoms with Crippen molar-refractivity contribution in [2.75, 3.05) is 0 Å². The van der Waals surface area contributed by atoms with E-state index in [4.69, 9.17) is 5.11 Å². The molecule has 4 N–H and O–H groups in total. The number of benzene rings is 1. The van der Waals surface area contributed by atoms with Gasteiger partial charge in [-0.25, -0.2) is 9.59 Å². The highest BCUT2D eigenvalue weighted by Gasteiger charge is 2.08. The fraction of sp³-hybridized carbons (Fsp3) is 0.0833. The van der Waals surface area contributed by atoms with Crippen LogP contribution in [0.25, 0.3) is 0 Å². The van der Waals surface area contributed by atoms with Crippen LogP contribution in [-0.4, -0.2) is 26.2 Å². The number of carboxylic acids is 1. The molecular formula is C12H10N4O5. The monoisotopic (exact) mass is 290 g/mol. The van der Waals surface area contributed by atoms with Crippen LogP contribution in [0.5, 0.6) is 5.88 Å². The molecule has 9 heteroatoms. The number of hydrogen-bond acceptors (Lipinski definition) is 6. The van der Waals surface area contributed by atoms with Crippen molar-refractivity contribution < 1.29 is 15.0 Å². The minimum Gasteiger partial charge on any atom is -0.493 e. The van der Waals surface area contributed by atoms with Crippen LogP contribution >= 0.6 is 0 Å². The summed E-state index contributed by atoms with van der Waals surface area (Å²) < 4.78 is 0. The Kier molecular flexibility index (Phi) is 3.65. The molecule has 0 spiro atoms. The average molecular weight is 290 g/mol. The van der Waals surface area contributed by atoms with E-state index < -0.39 is 28.8 Å². The molecule has 0 saturated heterocycles. The normalized spacial score (nSPS) is 10.9. The zero-order chi connectivity index (χ0) is 15.6. The van der Waals surface area contributed by atoms with Crippen molar-refractivity contribution in [2.24, 2.45) is 10.2 Å². The maximum atomic E-state index is 11.4. The molecule has 9 nitrogen and oxygen atoms in total. The molecule has 0 unspecified atom stereocenters. The lowest BCUT2D eigenvalue weighted by molar-refractivity contribution is 0.0697. The molecule has 0 amide bonds. The number of nitrogens with zero attached hydrogens (tertiary/aromatic N) is 2. The number of rotatable bonds is 3. The fourth-order valence-electron chi connectivity index (χ4n) is 1.57. The van der Waals surface area contributed by atoms with E-state index in [2.05, 4.69) is 10.2 Å². The number of nitrogens with one attached hydrogen (secondary N) is 2. The third-order valence-corrected chi connectivity index (χ3v) is 2.60. The lowest BCUT2D eigenvalue weighted by Gasteiger charge is -2.01. The van der Waals surface area contributed by atoms with E-state index in [-0.39, 0.29) is 5.56 Å². The predicted octanol–water partition coefficient (Wildman–Crippen LogP) is 1.19. The molecule has 108 valence electrons. The van der Waals surface area contributed by atoms with E-state index in [0.29, 0.717) is 11.3 Å². The molecule has 0 aliphatic rings. The molecule has 2 rings (SSSR count). The molecule has 1 aromatic carbocycles. The first-order valence-electron chi connectivity index (χ1n) is 5.69. The number of aryl methyl sites for hydroxylation is 1. The Morgan fingerprint density at radius 1 is 1.19 bits per heavy atom. The average Bonchev–Trinajstić information content (AvgIpc) is 2.38. The van der Waals surface area contributed by atoms with Crippen LogP contribution in [0.2, 0.25) is 0 Å². The van der Waals surface area contributed by atoms with Crippen LogP contribution in [0.4, 0.5) is 11.4 Å². The maximum absolute atomic E-state index is 11.4. The van der Waals surface area contributed by atoms with Gasteiger partial charge in [-0.1, -0.05) is 0 Å². The Bertz CT molecular complexity index is 849. The molecule has 0 radical (unpaired) electrons. The first kappa shape index (κ1) is 14.2. The summed E-state index contributed by atoms with van der Waals surface area (Å²) in [6, 6.07) is 4.15. The first-order valence-corrected chi connectivity index (χ1v) is 5.69. The van der Waals surface area contributed by atoms with Crippen molar-refractivity contribution in [3.63, 3.8) is 0 Å². The molecule has 0 saturated carbocycles. The number of carbonyl (C=O) groups is 1. The molecule has 21 heavy (non-hydrogen) atoms. The summed E-state index contributed by atoms with van der Waals surface area (Å²) in [4.78, 5) is 37.0. The molecule has 1 heterocycles. The topological polar surface area (TPSA) is 148 Å². The van der Waals surface area contributed by atoms with Crippen molar-refractivity contribution in [3.8, 4) is 5.88 Å². The Morgan fingerprint density at radius 2 is 1.90 bits per heavy atom. The summed E-state index contributed by atoms with van der Waals surface area (Å²) in [6.45, 7) is 1.62. The van der Waals surface area contributed by atoms with Gasteiger partial charge in [0.05, 0.1) is 11.3 Å². The van der Waals surface area contributed by atoms with Gasteiger partial charge in [0, 0.05) is 0 Å². The van der Waals surface area contributed by atoms with Gasteiger partial charge in [-0.2, -0.15) is 0 Å². The summed E-state index contributed by atoms with van der Waals surface area (Å²) >= 11 is 0. The molecular weight excluding hydrogens is 280 g/mol. The van der Waals surface area contributed by atoms with Crippen LogP contribution in [0.3, 0.4) is 0 Å². The van der Waals surface area contributed by atoms with Crippen molar-refractivity contribution in [1.29, 1.82) is 0 Å². The maximum Gasteiger partial charge on any atom is 0.335 e. The van der Waals surface area contributed by atoms with E-state index in [0.717, 1.165) is 0 Å². The SMILES string of the molecule is Cc1cc(C(=O)O)ccc1N=Nc1c(O)[nH]c(=O)[nH]c1=O. The van der Waals surface area contributed by atoms with Gasteiger partial charge in [-0.15, -0.1) is 10.2 Å². The molecule has 0 fully saturated rings. The standard InChI is InChI=1S/C12H10N4O5/c1-5-4-6(11(19)20)2-3-7(5)15-16-8-9(17)13-12(21)14-10(8)18/h2-4H,1H3,(H,19,20)(H3,13,14,17,18,21). The molecule has 0 atom stereocenters. The van der Waals surface area contributed by atoms with Crippen molar-refractivity contribution in [1.82, 2.24) is 9.97 Å². The molecule has 2 aromatic rings. The lowest BCUT2D eigenvalue weighted by Crippen LogP contribution is -2.20. The fourth-order valence-corrected chi connectivity index (χ4v) is 1.57. The number of aromatic nitrogens is 2. The number of aromatic carboxylic acids is 1. The van der Waals surface area contributed by atoms with Crippen LogP contribution in [0, 0.1) is 6.92 Å². The van der Waals surface area contributed by atoms with Gasteiger partial charge in [0.15, 0.2) is 0 Å². The summed E-state index contributed by atoms with van der Waals surface area (Å²) in [6.07, 6.45) is 0. The zero-order valence-corrected chi connectivity index (χ0v) is 10.7. The second-order valence-electron chi connectivity index (χ2n) is 4.11. The minimum atomic E-state index is -1.07. The van der Waals surface area contributed by atoms with Crippen molar-refractivity contribution in [3.05, 3.63) is 50.2 Å². The number of azo groups is 1. The summed E-state index contributed by atoms with van der Waals surface area (Å²) in [5.74, 6) is -1.77. The summed E-state index contributed by atoms with van der Waals surface area (Å²) in [7, 11) is 0. The Morgan fingerprint density at radius 3 is 2.48 bits per heavy atom. The minimum absolute atomic E-state index is 0.0937. The number of hydrogen-bond donors (Lipinski definition) is 4. The largest absolute Gasteiger partial charge is 0.493 e. The second-order valence-corrected chi connectivity index (χ2v) is 4.11. The Hall–Kier alpha value is -3.23. The van der Waals surface area contributed by atoms with Gasteiger partial charge in [0.25, 0.3) is 5.56 Å². The van der Waals surface area contributed by atoms with Gasteiger partial charge in [0.1, 0.15) is 0 Å². The van der Waals surface area contributed by atoms with E-state index in [1.807, 2.05) is 9.97 Å². The number of aromatic amines is 2. The van der Waals surface area contributed by atoms with Gasteiger partial charge < -0.3 is 10.2 Å². The second kappa shape index (κ2) is 5.41. The van der Waals surface area contributed by atoms with E-state index >= 15 is 0 Å². The molecule has 1 aromatic heterocycles. The molecule has 0 bridgehead atoms. The number of H-pyrrole nitrogens is 2. The summed E-state index contributed by atoms with van der Waals surface area (Å²) in [5, 5.41) is 25.6. The van der Waals surface area contributed by atoms with Crippen LogP contribution in [-0.2, 0) is 0 Å². The van der Waals surface area contributed by atoms with E-state index in [1.165, 1.54) is 18.2 Å². The summed E-state index contributed by atoms with van der Waals surface area (Å²) in [5.41, 5.74) is -1.25. The van der Waals surface area contributed by atoms with Gasteiger partial charge in [0.2, 0.25) is 11.6 Å². The highest BCUT2D eigenvalue weighted by atomic mass is 16.4. The molecule has 0 aliphatic heterocycles. The Labute approximate surface area is 116 Å². The number of carboxylic acid groups (broad SMARTS) is 1. The highest BCUT2D eigenvalue weighted by Crippen LogP contribution is 2.24. The zero-order valence-electron chi connectivity index (χ0n) is 10.7. The van der Waals surface area contributed by atoms with Gasteiger partial charge in [-0.3, -0.25) is 14.8 Å². The van der Waals surface area contributed by atoms with Crippen molar-refractivity contribution in [2.45, 2.75) is 6.92 Å². The highest BCUT2D eigenvalue weighted by molar-refractivity contribution is 5.88. The first-order chi connectivity index (χ1) is 9.88. The molecule has 0 aliphatic carbocycles. The third kappa shape index (κ3) is 3.03. The van der Waals surface area contributed by atoms with Crippen LogP contribution in [0.15, 0.2) is 38.0 Å². The van der Waals surface area contributed by atoms with E-state index in [9.17, 15) is 19.5 Å². The van der Waals surface area contributed by atoms with Crippen molar-refractivity contribution >= 4 is 17.3 Å². The van der Waals surface area contributed by atoms with Crippen LogP contribution in [0.1, 0.15) is 15.9 Å². The van der Waals surface area contributed by atoms with Gasteiger partial charge >= 0.3 is 11.7 Å². The third-order valence-electron chi connectivity index (χ3n) is 2.60. The van der Waals surface area contributed by atoms with Gasteiger partial charge in [-0.05, 0) is 30.7 Å². The van der Waals surface area contributed by atoms with E-state index in [1.54, 1.807) is 6.92 Å². The quantitative estimate of drug-likeness (QED) is 0.626.